The van der Waals surface area contributed by atoms with E-state index in [1.807, 2.05) is 42.6 Å². The van der Waals surface area contributed by atoms with Gasteiger partial charge in [-0.15, -0.1) is 11.3 Å². The van der Waals surface area contributed by atoms with Gasteiger partial charge in [-0.1, -0.05) is 0 Å². The van der Waals surface area contributed by atoms with Crippen LogP contribution in [0.1, 0.15) is 6.92 Å². The van der Waals surface area contributed by atoms with Crippen molar-refractivity contribution in [1.82, 2.24) is 9.97 Å². The maximum atomic E-state index is 5.65. The molecule has 2 aromatic heterocycles. The van der Waals surface area contributed by atoms with Crippen LogP contribution in [0, 0.1) is 0 Å². The van der Waals surface area contributed by atoms with Gasteiger partial charge in [0, 0.05) is 28.8 Å². The van der Waals surface area contributed by atoms with Crippen molar-refractivity contribution in [2.24, 2.45) is 0 Å². The molecule has 6 heteroatoms. The van der Waals surface area contributed by atoms with E-state index in [1.165, 1.54) is 0 Å². The molecule has 0 unspecified atom stereocenters. The van der Waals surface area contributed by atoms with Crippen molar-refractivity contribution >= 4 is 11.3 Å². The van der Waals surface area contributed by atoms with E-state index in [9.17, 15) is 0 Å². The Hall–Kier alpha value is -2.60. The normalized spacial score (nSPS) is 12.9. The second kappa shape index (κ2) is 6.49. The lowest BCUT2D eigenvalue weighted by atomic mass is 10.1. The first kappa shape index (κ1) is 15.0. The van der Waals surface area contributed by atoms with Gasteiger partial charge in [0.25, 0.3) is 0 Å². The lowest BCUT2D eigenvalue weighted by Crippen LogP contribution is -2.15. The number of pyridine rings is 1. The zero-order valence-electron chi connectivity index (χ0n) is 13.2. The van der Waals surface area contributed by atoms with Gasteiger partial charge in [-0.2, -0.15) is 0 Å². The molecule has 0 atom stereocenters. The minimum atomic E-state index is 0.579. The molecule has 0 fully saturated rings. The molecule has 1 aliphatic rings. The van der Waals surface area contributed by atoms with Gasteiger partial charge >= 0.3 is 0 Å². The minimum Gasteiger partial charge on any atom is -0.486 e. The molecule has 122 valence electrons. The summed E-state index contributed by atoms with van der Waals surface area (Å²) < 4.78 is 16.7. The van der Waals surface area contributed by atoms with Crippen molar-refractivity contribution in [2.75, 3.05) is 19.8 Å². The Kier molecular flexibility index (Phi) is 4.04. The van der Waals surface area contributed by atoms with E-state index in [4.69, 9.17) is 19.2 Å². The number of thiazole rings is 1. The van der Waals surface area contributed by atoms with E-state index >= 15 is 0 Å². The van der Waals surface area contributed by atoms with Crippen molar-refractivity contribution in [1.29, 1.82) is 0 Å². The molecule has 0 radical (unpaired) electrons. The monoisotopic (exact) mass is 340 g/mol. The zero-order chi connectivity index (χ0) is 16.4. The van der Waals surface area contributed by atoms with Crippen LogP contribution in [0.5, 0.6) is 17.4 Å². The molecule has 1 aliphatic heterocycles. The average Bonchev–Trinajstić information content (AvgIpc) is 3.12. The maximum absolute atomic E-state index is 5.65. The van der Waals surface area contributed by atoms with Crippen molar-refractivity contribution in [3.05, 3.63) is 41.9 Å². The molecule has 3 heterocycles. The largest absolute Gasteiger partial charge is 0.486 e. The van der Waals surface area contributed by atoms with Crippen molar-refractivity contribution in [3.8, 4) is 39.2 Å². The third-order valence-corrected chi connectivity index (χ3v) is 4.51. The number of fused-ring (bicyclic) bond motifs is 1. The second-order valence-electron chi connectivity index (χ2n) is 5.21. The molecule has 0 saturated carbocycles. The summed E-state index contributed by atoms with van der Waals surface area (Å²) in [6.07, 6.45) is 1.74. The Morgan fingerprint density at radius 3 is 2.83 bits per heavy atom. The summed E-state index contributed by atoms with van der Waals surface area (Å²) in [5.41, 5.74) is 2.94. The molecule has 0 N–H and O–H groups in total. The van der Waals surface area contributed by atoms with E-state index in [0.717, 1.165) is 33.3 Å². The lowest BCUT2D eigenvalue weighted by Gasteiger charge is -2.18. The molecule has 1 aromatic carbocycles. The molecule has 0 saturated heterocycles. The van der Waals surface area contributed by atoms with E-state index in [0.29, 0.717) is 25.7 Å². The second-order valence-corrected chi connectivity index (χ2v) is 6.07. The number of benzene rings is 1. The van der Waals surface area contributed by atoms with E-state index < -0.39 is 0 Å². The molecular formula is C18H16N2O3S. The molecule has 4 rings (SSSR count). The van der Waals surface area contributed by atoms with Gasteiger partial charge in [0.1, 0.15) is 18.2 Å². The summed E-state index contributed by atoms with van der Waals surface area (Å²) >= 11 is 1.60. The number of rotatable bonds is 4. The van der Waals surface area contributed by atoms with Gasteiger partial charge in [0.05, 0.1) is 12.3 Å². The molecule has 0 spiro atoms. The predicted molar refractivity (Wildman–Crippen MR) is 92.9 cm³/mol. The Morgan fingerprint density at radius 2 is 1.96 bits per heavy atom. The van der Waals surface area contributed by atoms with Gasteiger partial charge in [0.15, 0.2) is 11.5 Å². The Morgan fingerprint density at radius 1 is 1.08 bits per heavy atom. The first-order valence-electron chi connectivity index (χ1n) is 7.78. The predicted octanol–water partition coefficient (Wildman–Crippen LogP) is 4.04. The standard InChI is InChI=1S/C18H16N2O3S/c1-2-21-17-10-13(5-6-19-17)18-20-14(11-24-18)12-3-4-15-16(9-12)23-8-7-22-15/h3-6,9-11H,2,7-8H2,1H3. The number of hydrogen-bond acceptors (Lipinski definition) is 6. The Labute approximate surface area is 143 Å². The SMILES string of the molecule is CCOc1cc(-c2nc(-c3ccc4c(c3)OCCO4)cs2)ccn1. The van der Waals surface area contributed by atoms with Gasteiger partial charge in [-0.25, -0.2) is 9.97 Å². The van der Waals surface area contributed by atoms with E-state index in [1.54, 1.807) is 17.5 Å². The minimum absolute atomic E-state index is 0.579. The van der Waals surface area contributed by atoms with Crippen LogP contribution in [0.15, 0.2) is 41.9 Å². The molecule has 5 nitrogen and oxygen atoms in total. The van der Waals surface area contributed by atoms with Crippen LogP contribution in [-0.2, 0) is 0 Å². The van der Waals surface area contributed by atoms with Gasteiger partial charge < -0.3 is 14.2 Å². The molecular weight excluding hydrogens is 324 g/mol. The fourth-order valence-corrected chi connectivity index (χ4v) is 3.34. The first-order valence-corrected chi connectivity index (χ1v) is 8.66. The molecule has 0 bridgehead atoms. The summed E-state index contributed by atoms with van der Waals surface area (Å²) in [5.74, 6) is 2.18. The molecule has 3 aromatic rings. The summed E-state index contributed by atoms with van der Waals surface area (Å²) in [6.45, 7) is 3.71. The summed E-state index contributed by atoms with van der Waals surface area (Å²) in [6, 6.07) is 9.77. The highest BCUT2D eigenvalue weighted by atomic mass is 32.1. The molecule has 24 heavy (non-hydrogen) atoms. The maximum Gasteiger partial charge on any atom is 0.213 e. The highest BCUT2D eigenvalue weighted by Crippen LogP contribution is 2.36. The van der Waals surface area contributed by atoms with E-state index in [-0.39, 0.29) is 0 Å². The van der Waals surface area contributed by atoms with Crippen LogP contribution < -0.4 is 14.2 Å². The summed E-state index contributed by atoms with van der Waals surface area (Å²) in [5, 5.41) is 2.98. The number of hydrogen-bond donors (Lipinski definition) is 0. The Bertz CT molecular complexity index is 863. The van der Waals surface area contributed by atoms with Crippen molar-refractivity contribution < 1.29 is 14.2 Å². The number of nitrogens with zero attached hydrogens (tertiary/aromatic N) is 2. The summed E-state index contributed by atoms with van der Waals surface area (Å²) in [4.78, 5) is 8.93. The van der Waals surface area contributed by atoms with Gasteiger partial charge in [-0.05, 0) is 31.2 Å². The van der Waals surface area contributed by atoms with Crippen molar-refractivity contribution in [2.45, 2.75) is 6.92 Å². The smallest absolute Gasteiger partial charge is 0.213 e. The van der Waals surface area contributed by atoms with Gasteiger partial charge in [0.2, 0.25) is 5.88 Å². The first-order chi connectivity index (χ1) is 11.8. The highest BCUT2D eigenvalue weighted by Gasteiger charge is 2.14. The zero-order valence-corrected chi connectivity index (χ0v) is 14.0. The highest BCUT2D eigenvalue weighted by molar-refractivity contribution is 7.13. The van der Waals surface area contributed by atoms with Crippen LogP contribution in [0.25, 0.3) is 21.8 Å². The Balaban J connectivity index is 1.64. The number of ether oxygens (including phenoxy) is 3. The third-order valence-electron chi connectivity index (χ3n) is 3.62. The van der Waals surface area contributed by atoms with Crippen LogP contribution >= 0.6 is 11.3 Å². The molecule has 0 aliphatic carbocycles. The molecule has 0 amide bonds. The quantitative estimate of drug-likeness (QED) is 0.717. The summed E-state index contributed by atoms with van der Waals surface area (Å²) in [7, 11) is 0. The van der Waals surface area contributed by atoms with Crippen LogP contribution in [-0.4, -0.2) is 29.8 Å². The van der Waals surface area contributed by atoms with E-state index in [2.05, 4.69) is 4.98 Å². The van der Waals surface area contributed by atoms with Gasteiger partial charge in [-0.3, -0.25) is 0 Å². The number of aromatic nitrogens is 2. The van der Waals surface area contributed by atoms with Crippen LogP contribution in [0.2, 0.25) is 0 Å². The third kappa shape index (κ3) is 2.92. The fraction of sp³-hybridized carbons (Fsp3) is 0.222. The topological polar surface area (TPSA) is 53.5 Å². The lowest BCUT2D eigenvalue weighted by molar-refractivity contribution is 0.171. The van der Waals surface area contributed by atoms with Crippen LogP contribution in [0.3, 0.4) is 0 Å². The van der Waals surface area contributed by atoms with Crippen molar-refractivity contribution in [3.63, 3.8) is 0 Å². The van der Waals surface area contributed by atoms with Crippen LogP contribution in [0.4, 0.5) is 0 Å². The fourth-order valence-electron chi connectivity index (χ4n) is 2.51. The average molecular weight is 340 g/mol.